The molecule has 3 rings (SSSR count). The lowest BCUT2D eigenvalue weighted by Crippen LogP contribution is -2.40. The molecule has 0 N–H and O–H groups in total. The molecule has 9 heteroatoms. The highest BCUT2D eigenvalue weighted by Crippen LogP contribution is 2.18. The first-order valence-electron chi connectivity index (χ1n) is 9.18. The number of benzene rings is 2. The van der Waals surface area contributed by atoms with E-state index >= 15 is 0 Å². The molecule has 7 nitrogen and oxygen atoms in total. The van der Waals surface area contributed by atoms with Crippen molar-refractivity contribution in [2.24, 2.45) is 0 Å². The highest BCUT2D eigenvalue weighted by atomic mass is 79.9. The topological polar surface area (TPSA) is 90.0 Å². The van der Waals surface area contributed by atoms with Crippen molar-refractivity contribution in [1.82, 2.24) is 4.31 Å². The van der Waals surface area contributed by atoms with Crippen molar-refractivity contribution < 1.29 is 27.5 Å². The molecular formula is C21H20BrNO6S. The minimum absolute atomic E-state index is 0.184. The predicted octanol–water partition coefficient (Wildman–Crippen LogP) is 2.91. The van der Waals surface area contributed by atoms with Gasteiger partial charge in [0.25, 0.3) is 0 Å². The molecular weight excluding hydrogens is 474 g/mol. The third-order valence-corrected chi connectivity index (χ3v) is 6.85. The molecule has 0 saturated carbocycles. The summed E-state index contributed by atoms with van der Waals surface area (Å²) in [7, 11) is -3.56. The monoisotopic (exact) mass is 493 g/mol. The summed E-state index contributed by atoms with van der Waals surface area (Å²) < 4.78 is 37.6. The van der Waals surface area contributed by atoms with Gasteiger partial charge in [-0.2, -0.15) is 4.31 Å². The SMILES string of the molecule is O=C(C=Cc1ccc(S(=O)(=O)N2CCOCC2)cc1)OCC(=O)c1ccc(Br)cc1. The summed E-state index contributed by atoms with van der Waals surface area (Å²) >= 11 is 3.29. The van der Waals surface area contributed by atoms with Crippen LogP contribution in [0.2, 0.25) is 0 Å². The van der Waals surface area contributed by atoms with Gasteiger partial charge in [-0.1, -0.05) is 40.2 Å². The van der Waals surface area contributed by atoms with Crippen LogP contribution in [0.25, 0.3) is 6.08 Å². The first-order valence-corrected chi connectivity index (χ1v) is 11.4. The summed E-state index contributed by atoms with van der Waals surface area (Å²) in [5.41, 5.74) is 1.08. The molecule has 1 fully saturated rings. The average Bonchev–Trinajstić information content (AvgIpc) is 2.77. The lowest BCUT2D eigenvalue weighted by Gasteiger charge is -2.26. The number of hydrogen-bond acceptors (Lipinski definition) is 6. The summed E-state index contributed by atoms with van der Waals surface area (Å²) in [5.74, 6) is -0.965. The third kappa shape index (κ3) is 5.85. The molecule has 30 heavy (non-hydrogen) atoms. The molecule has 2 aromatic carbocycles. The lowest BCUT2D eigenvalue weighted by atomic mass is 10.1. The van der Waals surface area contributed by atoms with E-state index in [-0.39, 0.29) is 17.3 Å². The van der Waals surface area contributed by atoms with Gasteiger partial charge in [0.05, 0.1) is 18.1 Å². The van der Waals surface area contributed by atoms with E-state index in [9.17, 15) is 18.0 Å². The van der Waals surface area contributed by atoms with Gasteiger partial charge in [0.1, 0.15) is 0 Å². The smallest absolute Gasteiger partial charge is 0.331 e. The Morgan fingerprint density at radius 3 is 2.30 bits per heavy atom. The Hall–Kier alpha value is -2.33. The third-order valence-electron chi connectivity index (χ3n) is 4.41. The molecule has 0 spiro atoms. The van der Waals surface area contributed by atoms with E-state index in [1.807, 2.05) is 0 Å². The van der Waals surface area contributed by atoms with Crippen LogP contribution in [-0.4, -0.2) is 57.4 Å². The molecule has 0 bridgehead atoms. The number of morpholine rings is 1. The minimum atomic E-state index is -3.56. The number of halogens is 1. The molecule has 0 aromatic heterocycles. The minimum Gasteiger partial charge on any atom is -0.454 e. The fraction of sp³-hybridized carbons (Fsp3) is 0.238. The van der Waals surface area contributed by atoms with Crippen molar-refractivity contribution in [3.63, 3.8) is 0 Å². The Bertz CT molecular complexity index is 1030. The number of ether oxygens (including phenoxy) is 2. The number of carbonyl (C=O) groups is 2. The van der Waals surface area contributed by atoms with E-state index in [1.54, 1.807) is 36.4 Å². The first kappa shape index (κ1) is 22.4. The Balaban J connectivity index is 1.54. The number of Topliss-reactive ketones (excluding diaryl/α,β-unsaturated/α-hetero) is 1. The van der Waals surface area contributed by atoms with Crippen LogP contribution in [0.3, 0.4) is 0 Å². The zero-order valence-electron chi connectivity index (χ0n) is 16.0. The number of rotatable bonds is 7. The van der Waals surface area contributed by atoms with Crippen molar-refractivity contribution >= 4 is 43.8 Å². The van der Waals surface area contributed by atoms with E-state index in [4.69, 9.17) is 9.47 Å². The predicted molar refractivity (Wildman–Crippen MR) is 114 cm³/mol. The van der Waals surface area contributed by atoms with E-state index in [0.717, 1.165) is 4.47 Å². The Morgan fingerprint density at radius 1 is 1.03 bits per heavy atom. The molecule has 0 amide bonds. The van der Waals surface area contributed by atoms with Gasteiger partial charge in [-0.15, -0.1) is 0 Å². The van der Waals surface area contributed by atoms with E-state index in [0.29, 0.717) is 37.4 Å². The Labute approximate surface area is 183 Å². The molecule has 1 heterocycles. The number of hydrogen-bond donors (Lipinski definition) is 0. The van der Waals surface area contributed by atoms with E-state index in [2.05, 4.69) is 15.9 Å². The van der Waals surface area contributed by atoms with Crippen LogP contribution in [0.1, 0.15) is 15.9 Å². The molecule has 2 aromatic rings. The van der Waals surface area contributed by atoms with Crippen molar-refractivity contribution in [2.75, 3.05) is 32.9 Å². The van der Waals surface area contributed by atoms with Gasteiger partial charge in [-0.25, -0.2) is 13.2 Å². The Morgan fingerprint density at radius 2 is 1.67 bits per heavy atom. The van der Waals surface area contributed by atoms with Gasteiger partial charge in [-0.3, -0.25) is 4.79 Å². The second-order valence-electron chi connectivity index (χ2n) is 6.46. The fourth-order valence-corrected chi connectivity index (χ4v) is 4.43. The molecule has 0 unspecified atom stereocenters. The molecule has 0 atom stereocenters. The second kappa shape index (κ2) is 10.1. The zero-order chi connectivity index (χ0) is 21.6. The average molecular weight is 494 g/mol. The van der Waals surface area contributed by atoms with Gasteiger partial charge in [0.2, 0.25) is 10.0 Å². The van der Waals surface area contributed by atoms with Gasteiger partial charge < -0.3 is 9.47 Å². The van der Waals surface area contributed by atoms with Crippen LogP contribution in [0, 0.1) is 0 Å². The second-order valence-corrected chi connectivity index (χ2v) is 9.31. The molecule has 0 aliphatic carbocycles. The van der Waals surface area contributed by atoms with Crippen molar-refractivity contribution in [1.29, 1.82) is 0 Å². The number of carbonyl (C=O) groups excluding carboxylic acids is 2. The number of esters is 1. The summed E-state index contributed by atoms with van der Waals surface area (Å²) in [6, 6.07) is 12.9. The van der Waals surface area contributed by atoms with Gasteiger partial charge in [0.15, 0.2) is 12.4 Å². The summed E-state index contributed by atoms with van der Waals surface area (Å²) in [6.07, 6.45) is 2.69. The maximum atomic E-state index is 12.6. The Kier molecular flexibility index (Phi) is 7.54. The maximum absolute atomic E-state index is 12.6. The number of ketones is 1. The summed E-state index contributed by atoms with van der Waals surface area (Å²) in [5, 5.41) is 0. The highest BCUT2D eigenvalue weighted by molar-refractivity contribution is 9.10. The quantitative estimate of drug-likeness (QED) is 0.334. The highest BCUT2D eigenvalue weighted by Gasteiger charge is 2.25. The van der Waals surface area contributed by atoms with Crippen LogP contribution in [0.15, 0.2) is 64.0 Å². The van der Waals surface area contributed by atoms with E-state index in [1.165, 1.54) is 28.6 Å². The molecule has 158 valence electrons. The van der Waals surface area contributed by atoms with E-state index < -0.39 is 16.0 Å². The van der Waals surface area contributed by atoms with Crippen molar-refractivity contribution in [3.8, 4) is 0 Å². The molecule has 1 saturated heterocycles. The van der Waals surface area contributed by atoms with Gasteiger partial charge in [-0.05, 0) is 35.9 Å². The first-order chi connectivity index (χ1) is 14.4. The maximum Gasteiger partial charge on any atom is 0.331 e. The normalized spacial score (nSPS) is 15.2. The fourth-order valence-electron chi connectivity index (χ4n) is 2.76. The van der Waals surface area contributed by atoms with Gasteiger partial charge >= 0.3 is 5.97 Å². The molecule has 1 aliphatic rings. The van der Waals surface area contributed by atoms with Crippen LogP contribution >= 0.6 is 15.9 Å². The van der Waals surface area contributed by atoms with Crippen LogP contribution in [0.5, 0.6) is 0 Å². The largest absolute Gasteiger partial charge is 0.454 e. The van der Waals surface area contributed by atoms with Gasteiger partial charge in [0, 0.05) is 29.2 Å². The van der Waals surface area contributed by atoms with Crippen LogP contribution < -0.4 is 0 Å². The van der Waals surface area contributed by atoms with Crippen LogP contribution in [-0.2, 0) is 24.3 Å². The molecule has 0 radical (unpaired) electrons. The van der Waals surface area contributed by atoms with Crippen LogP contribution in [0.4, 0.5) is 0 Å². The lowest BCUT2D eigenvalue weighted by molar-refractivity contribution is -0.136. The van der Waals surface area contributed by atoms with Crippen molar-refractivity contribution in [3.05, 3.63) is 70.2 Å². The van der Waals surface area contributed by atoms with Crippen molar-refractivity contribution in [2.45, 2.75) is 4.90 Å². The summed E-state index contributed by atoms with van der Waals surface area (Å²) in [6.45, 7) is 1.06. The zero-order valence-corrected chi connectivity index (χ0v) is 18.4. The molecule has 1 aliphatic heterocycles. The number of nitrogens with zero attached hydrogens (tertiary/aromatic N) is 1. The summed E-state index contributed by atoms with van der Waals surface area (Å²) in [4.78, 5) is 24.1. The number of sulfonamides is 1. The standard InChI is InChI=1S/C21H20BrNO6S/c22-18-6-4-17(5-7-18)20(24)15-29-21(25)10-3-16-1-8-19(9-2-16)30(26,27)23-11-13-28-14-12-23/h1-10H,11-15H2.